The molecule has 0 radical (unpaired) electrons. The summed E-state index contributed by atoms with van der Waals surface area (Å²) in [7, 11) is 0. The summed E-state index contributed by atoms with van der Waals surface area (Å²) in [6.07, 6.45) is 4.30. The van der Waals surface area contributed by atoms with Crippen LogP contribution in [0, 0.1) is 0 Å². The molecule has 1 N–H and O–H groups in total. The number of H-pyrrole nitrogens is 1. The van der Waals surface area contributed by atoms with Gasteiger partial charge in [0, 0.05) is 44.6 Å². The second-order valence-electron chi connectivity index (χ2n) is 4.78. The van der Waals surface area contributed by atoms with Crippen molar-refractivity contribution in [3.8, 4) is 0 Å². The fourth-order valence-electron chi connectivity index (χ4n) is 2.74. The van der Waals surface area contributed by atoms with Crippen LogP contribution < -0.4 is 10.5 Å². The smallest absolute Gasteiger partial charge is 0.290 e. The third-order valence-electron chi connectivity index (χ3n) is 3.71. The van der Waals surface area contributed by atoms with Gasteiger partial charge in [-0.1, -0.05) is 0 Å². The van der Waals surface area contributed by atoms with Crippen LogP contribution in [0.4, 0.5) is 5.82 Å². The SMILES string of the molecule is O=c1[nH]ccnc1N1CCC(N2CCOCC2)C1. The number of nitrogens with zero attached hydrogens (tertiary/aromatic N) is 3. The molecule has 2 saturated heterocycles. The van der Waals surface area contributed by atoms with E-state index in [1.165, 1.54) is 0 Å². The van der Waals surface area contributed by atoms with Crippen LogP contribution in [0.2, 0.25) is 0 Å². The Morgan fingerprint density at radius 2 is 2.17 bits per heavy atom. The fourth-order valence-corrected chi connectivity index (χ4v) is 2.74. The number of ether oxygens (including phenoxy) is 1. The Kier molecular flexibility index (Phi) is 3.29. The first-order valence-electron chi connectivity index (χ1n) is 6.45. The Morgan fingerprint density at radius 1 is 1.33 bits per heavy atom. The summed E-state index contributed by atoms with van der Waals surface area (Å²) in [6, 6.07) is 0.523. The molecule has 1 aromatic rings. The zero-order chi connectivity index (χ0) is 12.4. The Labute approximate surface area is 106 Å². The van der Waals surface area contributed by atoms with E-state index in [-0.39, 0.29) is 5.56 Å². The second-order valence-corrected chi connectivity index (χ2v) is 4.78. The fraction of sp³-hybridized carbons (Fsp3) is 0.667. The largest absolute Gasteiger partial charge is 0.379 e. The summed E-state index contributed by atoms with van der Waals surface area (Å²) in [6.45, 7) is 5.43. The summed E-state index contributed by atoms with van der Waals surface area (Å²) in [5.41, 5.74) is -0.0971. The van der Waals surface area contributed by atoms with E-state index in [0.717, 1.165) is 45.8 Å². The van der Waals surface area contributed by atoms with Crippen molar-refractivity contribution in [2.24, 2.45) is 0 Å². The highest BCUT2D eigenvalue weighted by Crippen LogP contribution is 2.19. The van der Waals surface area contributed by atoms with Crippen LogP contribution in [-0.4, -0.2) is 60.3 Å². The van der Waals surface area contributed by atoms with Crippen molar-refractivity contribution in [3.63, 3.8) is 0 Å². The number of hydrogen-bond donors (Lipinski definition) is 1. The van der Waals surface area contributed by atoms with Crippen molar-refractivity contribution in [2.45, 2.75) is 12.5 Å². The molecule has 1 aromatic heterocycles. The van der Waals surface area contributed by atoms with Crippen LogP contribution in [0.25, 0.3) is 0 Å². The zero-order valence-corrected chi connectivity index (χ0v) is 10.3. The number of anilines is 1. The lowest BCUT2D eigenvalue weighted by Gasteiger charge is -2.32. The number of nitrogens with one attached hydrogen (secondary N) is 1. The van der Waals surface area contributed by atoms with Crippen LogP contribution in [-0.2, 0) is 4.74 Å². The highest BCUT2D eigenvalue weighted by molar-refractivity contribution is 5.37. The quantitative estimate of drug-likeness (QED) is 0.779. The summed E-state index contributed by atoms with van der Waals surface area (Å²) in [5, 5.41) is 0. The minimum absolute atomic E-state index is 0.0971. The summed E-state index contributed by atoms with van der Waals surface area (Å²) in [4.78, 5) is 23.1. The molecule has 0 bridgehead atoms. The Bertz CT molecular complexity index is 455. The van der Waals surface area contributed by atoms with Gasteiger partial charge in [-0.3, -0.25) is 9.69 Å². The molecule has 2 aliphatic heterocycles. The van der Waals surface area contributed by atoms with E-state index in [0.29, 0.717) is 11.9 Å². The average molecular weight is 250 g/mol. The molecule has 3 heterocycles. The van der Waals surface area contributed by atoms with Crippen molar-refractivity contribution >= 4 is 5.82 Å². The summed E-state index contributed by atoms with van der Waals surface area (Å²) in [5.74, 6) is 0.549. The van der Waals surface area contributed by atoms with Gasteiger partial charge in [0.15, 0.2) is 5.82 Å². The molecule has 0 saturated carbocycles. The molecule has 2 aliphatic rings. The van der Waals surface area contributed by atoms with Gasteiger partial charge in [-0.05, 0) is 6.42 Å². The van der Waals surface area contributed by atoms with Gasteiger partial charge in [0.05, 0.1) is 13.2 Å². The van der Waals surface area contributed by atoms with Gasteiger partial charge in [-0.15, -0.1) is 0 Å². The first-order valence-corrected chi connectivity index (χ1v) is 6.45. The van der Waals surface area contributed by atoms with E-state index in [1.807, 2.05) is 0 Å². The van der Waals surface area contributed by atoms with E-state index in [4.69, 9.17) is 4.74 Å². The number of aromatic amines is 1. The van der Waals surface area contributed by atoms with Crippen LogP contribution in [0.5, 0.6) is 0 Å². The molecule has 6 heteroatoms. The van der Waals surface area contributed by atoms with Gasteiger partial charge in [0.1, 0.15) is 0 Å². The van der Waals surface area contributed by atoms with Crippen LogP contribution >= 0.6 is 0 Å². The summed E-state index contributed by atoms with van der Waals surface area (Å²) < 4.78 is 5.37. The number of aromatic nitrogens is 2. The lowest BCUT2D eigenvalue weighted by Crippen LogP contribution is -2.45. The second kappa shape index (κ2) is 5.07. The normalized spacial score (nSPS) is 25.6. The van der Waals surface area contributed by atoms with Crippen molar-refractivity contribution in [3.05, 3.63) is 22.7 Å². The monoisotopic (exact) mass is 250 g/mol. The predicted octanol–water partition coefficient (Wildman–Crippen LogP) is -0.319. The molecular formula is C12H18N4O2. The van der Waals surface area contributed by atoms with E-state index in [2.05, 4.69) is 19.8 Å². The van der Waals surface area contributed by atoms with E-state index in [1.54, 1.807) is 12.4 Å². The maximum atomic E-state index is 11.7. The van der Waals surface area contributed by atoms with E-state index in [9.17, 15) is 4.79 Å². The Balaban J connectivity index is 1.68. The number of hydrogen-bond acceptors (Lipinski definition) is 5. The molecule has 0 aromatic carbocycles. The zero-order valence-electron chi connectivity index (χ0n) is 10.3. The molecule has 0 aliphatic carbocycles. The minimum Gasteiger partial charge on any atom is -0.379 e. The maximum Gasteiger partial charge on any atom is 0.290 e. The molecule has 0 spiro atoms. The Morgan fingerprint density at radius 3 is 2.94 bits per heavy atom. The topological polar surface area (TPSA) is 61.5 Å². The highest BCUT2D eigenvalue weighted by atomic mass is 16.5. The first-order chi connectivity index (χ1) is 8.84. The molecular weight excluding hydrogens is 232 g/mol. The predicted molar refractivity (Wildman–Crippen MR) is 67.9 cm³/mol. The minimum atomic E-state index is -0.0971. The van der Waals surface area contributed by atoms with Gasteiger partial charge in [0.25, 0.3) is 5.56 Å². The van der Waals surface area contributed by atoms with Crippen molar-refractivity contribution in [2.75, 3.05) is 44.3 Å². The van der Waals surface area contributed by atoms with E-state index >= 15 is 0 Å². The van der Waals surface area contributed by atoms with Crippen molar-refractivity contribution in [1.82, 2.24) is 14.9 Å². The first kappa shape index (κ1) is 11.7. The average Bonchev–Trinajstić information content (AvgIpc) is 2.90. The molecule has 18 heavy (non-hydrogen) atoms. The molecule has 98 valence electrons. The van der Waals surface area contributed by atoms with Crippen LogP contribution in [0.3, 0.4) is 0 Å². The van der Waals surface area contributed by atoms with Gasteiger partial charge < -0.3 is 14.6 Å². The third-order valence-corrected chi connectivity index (χ3v) is 3.71. The van der Waals surface area contributed by atoms with Gasteiger partial charge in [-0.25, -0.2) is 4.98 Å². The third kappa shape index (κ3) is 2.26. The van der Waals surface area contributed by atoms with Crippen molar-refractivity contribution in [1.29, 1.82) is 0 Å². The molecule has 0 amide bonds. The van der Waals surface area contributed by atoms with Gasteiger partial charge in [-0.2, -0.15) is 0 Å². The van der Waals surface area contributed by atoms with Crippen molar-refractivity contribution < 1.29 is 4.74 Å². The Hall–Kier alpha value is -1.40. The molecule has 1 atom stereocenters. The van der Waals surface area contributed by atoms with Crippen LogP contribution in [0.1, 0.15) is 6.42 Å². The van der Waals surface area contributed by atoms with Gasteiger partial charge in [0.2, 0.25) is 0 Å². The lowest BCUT2D eigenvalue weighted by molar-refractivity contribution is 0.0209. The standard InChI is InChI=1S/C12H18N4O2/c17-12-11(13-2-3-14-12)16-4-1-10(9-16)15-5-7-18-8-6-15/h2-3,10H,1,4-9H2,(H,14,17). The molecule has 1 unspecified atom stereocenters. The molecule has 2 fully saturated rings. The highest BCUT2D eigenvalue weighted by Gasteiger charge is 2.30. The molecule has 3 rings (SSSR count). The number of morpholine rings is 1. The van der Waals surface area contributed by atoms with Crippen LogP contribution in [0.15, 0.2) is 17.2 Å². The van der Waals surface area contributed by atoms with E-state index < -0.39 is 0 Å². The number of rotatable bonds is 2. The summed E-state index contributed by atoms with van der Waals surface area (Å²) >= 11 is 0. The maximum absolute atomic E-state index is 11.7. The van der Waals surface area contributed by atoms with Gasteiger partial charge >= 0.3 is 0 Å². The molecule has 6 nitrogen and oxygen atoms in total. The lowest BCUT2D eigenvalue weighted by atomic mass is 10.2.